The van der Waals surface area contributed by atoms with Crippen molar-refractivity contribution >= 4 is 11.7 Å². The molecular formula is C17H19FN4O. The molecule has 1 aromatic carbocycles. The van der Waals surface area contributed by atoms with Crippen molar-refractivity contribution in [3.63, 3.8) is 0 Å². The van der Waals surface area contributed by atoms with Crippen molar-refractivity contribution in [1.82, 2.24) is 15.3 Å². The van der Waals surface area contributed by atoms with Crippen LogP contribution in [0.15, 0.2) is 36.5 Å². The predicted octanol–water partition coefficient (Wildman–Crippen LogP) is 2.54. The third-order valence-electron chi connectivity index (χ3n) is 3.88. The van der Waals surface area contributed by atoms with Crippen LogP contribution in [0.2, 0.25) is 0 Å². The van der Waals surface area contributed by atoms with Crippen LogP contribution in [0.4, 0.5) is 10.2 Å². The number of anilines is 1. The Kier molecular flexibility index (Phi) is 4.80. The SMILES string of the molecule is O=C(NCc1nccc(N2CCCCC2)n1)c1ccc(F)cc1. The normalized spacial score (nSPS) is 14.6. The molecule has 2 heterocycles. The Balaban J connectivity index is 1.61. The van der Waals surface area contributed by atoms with Crippen molar-refractivity contribution in [2.45, 2.75) is 25.8 Å². The molecule has 1 aromatic heterocycles. The third-order valence-corrected chi connectivity index (χ3v) is 3.88. The molecule has 120 valence electrons. The number of benzene rings is 1. The molecule has 0 unspecified atom stereocenters. The molecule has 6 heteroatoms. The molecule has 5 nitrogen and oxygen atoms in total. The van der Waals surface area contributed by atoms with Crippen molar-refractivity contribution in [2.75, 3.05) is 18.0 Å². The fourth-order valence-electron chi connectivity index (χ4n) is 2.64. The lowest BCUT2D eigenvalue weighted by molar-refractivity contribution is 0.0950. The minimum absolute atomic E-state index is 0.248. The zero-order chi connectivity index (χ0) is 16.1. The minimum Gasteiger partial charge on any atom is -0.357 e. The van der Waals surface area contributed by atoms with Gasteiger partial charge < -0.3 is 10.2 Å². The zero-order valence-electron chi connectivity index (χ0n) is 12.8. The monoisotopic (exact) mass is 314 g/mol. The van der Waals surface area contributed by atoms with E-state index in [1.165, 1.54) is 43.5 Å². The van der Waals surface area contributed by atoms with Gasteiger partial charge in [0, 0.05) is 24.8 Å². The number of nitrogens with zero attached hydrogens (tertiary/aromatic N) is 3. The van der Waals surface area contributed by atoms with E-state index in [1.807, 2.05) is 6.07 Å². The summed E-state index contributed by atoms with van der Waals surface area (Å²) in [5.41, 5.74) is 0.415. The standard InChI is InChI=1S/C17H19FN4O/c18-14-6-4-13(5-7-14)17(23)20-12-15-19-9-8-16(21-15)22-10-2-1-3-11-22/h4-9H,1-3,10-12H2,(H,20,23). The van der Waals surface area contributed by atoms with Gasteiger partial charge in [0.15, 0.2) is 0 Å². The lowest BCUT2D eigenvalue weighted by atomic mass is 10.1. The first kappa shape index (κ1) is 15.4. The van der Waals surface area contributed by atoms with Crippen LogP contribution in [0.25, 0.3) is 0 Å². The molecule has 0 bridgehead atoms. The summed E-state index contributed by atoms with van der Waals surface area (Å²) in [5.74, 6) is 0.852. The molecule has 23 heavy (non-hydrogen) atoms. The maximum atomic E-state index is 12.9. The van der Waals surface area contributed by atoms with Crippen molar-refractivity contribution in [3.8, 4) is 0 Å². The van der Waals surface area contributed by atoms with E-state index in [9.17, 15) is 9.18 Å². The maximum Gasteiger partial charge on any atom is 0.251 e. The van der Waals surface area contributed by atoms with Crippen LogP contribution >= 0.6 is 0 Å². The Morgan fingerprint density at radius 1 is 1.13 bits per heavy atom. The average Bonchev–Trinajstić information content (AvgIpc) is 2.61. The number of amides is 1. The number of hydrogen-bond donors (Lipinski definition) is 1. The second kappa shape index (κ2) is 7.17. The number of carbonyl (C=O) groups is 1. The van der Waals surface area contributed by atoms with Crippen molar-refractivity contribution in [3.05, 3.63) is 53.7 Å². The van der Waals surface area contributed by atoms with Crippen LogP contribution in [0.5, 0.6) is 0 Å². The first-order chi connectivity index (χ1) is 11.2. The molecule has 0 radical (unpaired) electrons. The van der Waals surface area contributed by atoms with Gasteiger partial charge in [-0.3, -0.25) is 4.79 Å². The molecule has 1 aliphatic rings. The Morgan fingerprint density at radius 3 is 2.61 bits per heavy atom. The van der Waals surface area contributed by atoms with Crippen molar-refractivity contribution in [1.29, 1.82) is 0 Å². The van der Waals surface area contributed by atoms with Crippen LogP contribution in [-0.4, -0.2) is 29.0 Å². The first-order valence-electron chi connectivity index (χ1n) is 7.83. The van der Waals surface area contributed by atoms with Crippen molar-refractivity contribution < 1.29 is 9.18 Å². The smallest absolute Gasteiger partial charge is 0.251 e. The van der Waals surface area contributed by atoms with E-state index in [-0.39, 0.29) is 18.3 Å². The zero-order valence-corrected chi connectivity index (χ0v) is 12.8. The van der Waals surface area contributed by atoms with Gasteiger partial charge in [-0.2, -0.15) is 0 Å². The summed E-state index contributed by atoms with van der Waals surface area (Å²) in [7, 11) is 0. The molecule has 0 saturated carbocycles. The molecule has 1 fully saturated rings. The Hall–Kier alpha value is -2.50. The van der Waals surface area contributed by atoms with Crippen molar-refractivity contribution in [2.24, 2.45) is 0 Å². The molecule has 0 aliphatic carbocycles. The molecule has 3 rings (SSSR count). The number of halogens is 1. The van der Waals surface area contributed by atoms with E-state index < -0.39 is 0 Å². The Bertz CT molecular complexity index is 669. The largest absolute Gasteiger partial charge is 0.357 e. The molecule has 1 aliphatic heterocycles. The summed E-state index contributed by atoms with van der Waals surface area (Å²) in [4.78, 5) is 23.0. The second-order valence-corrected chi connectivity index (χ2v) is 5.57. The number of nitrogens with one attached hydrogen (secondary N) is 1. The summed E-state index contributed by atoms with van der Waals surface area (Å²) in [6, 6.07) is 7.34. The maximum absolute atomic E-state index is 12.9. The van der Waals surface area contributed by atoms with E-state index in [0.29, 0.717) is 11.4 Å². The summed E-state index contributed by atoms with van der Waals surface area (Å²) < 4.78 is 12.9. The number of carbonyl (C=O) groups excluding carboxylic acids is 1. The van der Waals surface area contributed by atoms with Gasteiger partial charge in [-0.05, 0) is 49.6 Å². The number of hydrogen-bond acceptors (Lipinski definition) is 4. The predicted molar refractivity (Wildman–Crippen MR) is 85.7 cm³/mol. The minimum atomic E-state index is -0.362. The highest BCUT2D eigenvalue weighted by Crippen LogP contribution is 2.16. The van der Waals surface area contributed by atoms with Crippen LogP contribution < -0.4 is 10.2 Å². The van der Waals surface area contributed by atoms with E-state index in [0.717, 1.165) is 18.9 Å². The van der Waals surface area contributed by atoms with Crippen LogP contribution in [-0.2, 0) is 6.54 Å². The molecule has 1 amide bonds. The van der Waals surface area contributed by atoms with Gasteiger partial charge in [0.25, 0.3) is 5.91 Å². The van der Waals surface area contributed by atoms with Gasteiger partial charge in [-0.1, -0.05) is 0 Å². The summed E-state index contributed by atoms with van der Waals surface area (Å²) >= 11 is 0. The number of aromatic nitrogens is 2. The highest BCUT2D eigenvalue weighted by Gasteiger charge is 2.13. The highest BCUT2D eigenvalue weighted by molar-refractivity contribution is 5.94. The topological polar surface area (TPSA) is 58.1 Å². The number of piperidine rings is 1. The fraction of sp³-hybridized carbons (Fsp3) is 0.353. The van der Waals surface area contributed by atoms with E-state index in [1.54, 1.807) is 6.20 Å². The average molecular weight is 314 g/mol. The van der Waals surface area contributed by atoms with E-state index in [2.05, 4.69) is 20.2 Å². The lowest BCUT2D eigenvalue weighted by Crippen LogP contribution is -2.31. The fourth-order valence-corrected chi connectivity index (χ4v) is 2.64. The van der Waals surface area contributed by atoms with Crippen LogP contribution in [0.3, 0.4) is 0 Å². The van der Waals surface area contributed by atoms with E-state index in [4.69, 9.17) is 0 Å². The van der Waals surface area contributed by atoms with Crippen LogP contribution in [0, 0.1) is 5.82 Å². The van der Waals surface area contributed by atoms with Gasteiger partial charge >= 0.3 is 0 Å². The third kappa shape index (κ3) is 4.03. The quantitative estimate of drug-likeness (QED) is 0.942. The van der Waals surface area contributed by atoms with Gasteiger partial charge in [0.05, 0.1) is 6.54 Å². The molecular weight excluding hydrogens is 295 g/mol. The van der Waals surface area contributed by atoms with E-state index >= 15 is 0 Å². The molecule has 0 spiro atoms. The molecule has 1 saturated heterocycles. The second-order valence-electron chi connectivity index (χ2n) is 5.57. The highest BCUT2D eigenvalue weighted by atomic mass is 19.1. The van der Waals surface area contributed by atoms with Gasteiger partial charge in [-0.25, -0.2) is 14.4 Å². The first-order valence-corrected chi connectivity index (χ1v) is 7.83. The molecule has 2 aromatic rings. The molecule has 1 N–H and O–H groups in total. The summed E-state index contributed by atoms with van der Waals surface area (Å²) in [6.07, 6.45) is 5.35. The van der Waals surface area contributed by atoms with Gasteiger partial charge in [0.2, 0.25) is 0 Å². The Morgan fingerprint density at radius 2 is 1.87 bits per heavy atom. The number of rotatable bonds is 4. The van der Waals surface area contributed by atoms with Gasteiger partial charge in [-0.15, -0.1) is 0 Å². The lowest BCUT2D eigenvalue weighted by Gasteiger charge is -2.27. The van der Waals surface area contributed by atoms with Gasteiger partial charge in [0.1, 0.15) is 17.5 Å². The molecule has 0 atom stereocenters. The Labute approximate surface area is 134 Å². The summed E-state index contributed by atoms with van der Waals surface area (Å²) in [6.45, 7) is 2.27. The summed E-state index contributed by atoms with van der Waals surface area (Å²) in [5, 5.41) is 2.76. The van der Waals surface area contributed by atoms with Crippen LogP contribution in [0.1, 0.15) is 35.4 Å².